The predicted molar refractivity (Wildman–Crippen MR) is 116 cm³/mol. The fourth-order valence-electron chi connectivity index (χ4n) is 4.43. The zero-order chi connectivity index (χ0) is 23.0. The average Bonchev–Trinajstić information content (AvgIpc) is 3.29. The lowest BCUT2D eigenvalue weighted by molar-refractivity contribution is -0.148. The van der Waals surface area contributed by atoms with Gasteiger partial charge in [-0.15, -0.1) is 0 Å². The van der Waals surface area contributed by atoms with Gasteiger partial charge < -0.3 is 20.5 Å². The lowest BCUT2D eigenvalue weighted by atomic mass is 9.85. The summed E-state index contributed by atoms with van der Waals surface area (Å²) in [6.07, 6.45) is 3.24. The first-order chi connectivity index (χ1) is 15.4. The molecule has 0 bridgehead atoms. The maximum atomic E-state index is 13.5. The molecule has 3 N–H and O–H groups in total. The molecule has 1 aromatic heterocycles. The van der Waals surface area contributed by atoms with Crippen LogP contribution in [0.15, 0.2) is 12.1 Å². The minimum absolute atomic E-state index is 0.0401. The van der Waals surface area contributed by atoms with E-state index in [1.807, 2.05) is 0 Å². The third kappa shape index (κ3) is 6.15. The van der Waals surface area contributed by atoms with E-state index >= 15 is 0 Å². The summed E-state index contributed by atoms with van der Waals surface area (Å²) in [5, 5.41) is 15.0. The van der Waals surface area contributed by atoms with E-state index in [0.29, 0.717) is 19.4 Å². The number of nitrogens with one attached hydrogen (secondary N) is 2. The van der Waals surface area contributed by atoms with Crippen LogP contribution in [-0.4, -0.2) is 54.2 Å². The highest BCUT2D eigenvalue weighted by Crippen LogP contribution is 2.43. The second-order valence-corrected chi connectivity index (χ2v) is 8.73. The van der Waals surface area contributed by atoms with E-state index in [0.717, 1.165) is 50.2 Å². The quantitative estimate of drug-likeness (QED) is 0.419. The largest absolute Gasteiger partial charge is 0.480 e. The SMILES string of the molecule is O=C(O)C(CCOCCCCc1ccc2c(n1)NCCC2)NC(=O)C1(C(F)F)CCCC1. The summed E-state index contributed by atoms with van der Waals surface area (Å²) >= 11 is 0. The van der Waals surface area contributed by atoms with Crippen molar-refractivity contribution in [2.24, 2.45) is 5.41 Å². The molecule has 3 rings (SSSR count). The number of aryl methyl sites for hydroxylation is 2. The molecule has 0 radical (unpaired) electrons. The Balaban J connectivity index is 1.34. The molecule has 0 saturated heterocycles. The molecular weight excluding hydrogens is 420 g/mol. The van der Waals surface area contributed by atoms with Gasteiger partial charge in [0.15, 0.2) is 0 Å². The first-order valence-corrected chi connectivity index (χ1v) is 11.5. The standard InChI is InChI=1S/C23H33F2N3O4/c24-21(25)23(11-2-3-12-23)22(31)28-18(20(29)30)10-15-32-14-4-1-7-17-9-8-16-6-5-13-26-19(16)27-17/h8-9,18,21H,1-7,10-15H2,(H,26,27)(H,28,31)(H,29,30). The van der Waals surface area contributed by atoms with Crippen LogP contribution >= 0.6 is 0 Å². The molecule has 2 aliphatic rings. The number of carboxylic acid groups (broad SMARTS) is 1. The van der Waals surface area contributed by atoms with Gasteiger partial charge in [0.2, 0.25) is 5.91 Å². The van der Waals surface area contributed by atoms with Gasteiger partial charge in [0.1, 0.15) is 17.3 Å². The number of pyridine rings is 1. The number of carbonyl (C=O) groups is 2. The predicted octanol–water partition coefficient (Wildman–Crippen LogP) is 3.56. The smallest absolute Gasteiger partial charge is 0.326 e. The van der Waals surface area contributed by atoms with Crippen LogP contribution in [0.4, 0.5) is 14.6 Å². The maximum Gasteiger partial charge on any atom is 0.326 e. The summed E-state index contributed by atoms with van der Waals surface area (Å²) in [7, 11) is 0. The van der Waals surface area contributed by atoms with Crippen molar-refractivity contribution < 1.29 is 28.2 Å². The number of carboxylic acids is 1. The number of anilines is 1. The Bertz CT molecular complexity index is 785. The van der Waals surface area contributed by atoms with Crippen molar-refractivity contribution in [1.82, 2.24) is 10.3 Å². The monoisotopic (exact) mass is 453 g/mol. The van der Waals surface area contributed by atoms with E-state index in [1.54, 1.807) is 0 Å². The van der Waals surface area contributed by atoms with Crippen molar-refractivity contribution in [2.45, 2.75) is 76.7 Å². The molecule has 178 valence electrons. The number of hydrogen-bond donors (Lipinski definition) is 3. The van der Waals surface area contributed by atoms with Crippen LogP contribution in [0.25, 0.3) is 0 Å². The summed E-state index contributed by atoms with van der Waals surface area (Å²) in [5.41, 5.74) is 0.539. The van der Waals surface area contributed by atoms with Crippen LogP contribution in [-0.2, 0) is 27.2 Å². The molecule has 1 aliphatic heterocycles. The highest BCUT2D eigenvalue weighted by Gasteiger charge is 2.49. The van der Waals surface area contributed by atoms with E-state index in [9.17, 15) is 23.5 Å². The number of halogens is 2. The lowest BCUT2D eigenvalue weighted by Crippen LogP contribution is -2.50. The van der Waals surface area contributed by atoms with Gasteiger partial charge in [-0.3, -0.25) is 4.79 Å². The zero-order valence-corrected chi connectivity index (χ0v) is 18.4. The van der Waals surface area contributed by atoms with Crippen molar-refractivity contribution in [3.05, 3.63) is 23.4 Å². The van der Waals surface area contributed by atoms with Crippen molar-refractivity contribution in [1.29, 1.82) is 0 Å². The van der Waals surface area contributed by atoms with Gasteiger partial charge in [0, 0.05) is 31.9 Å². The Kier molecular flexibility index (Phi) is 8.78. The number of nitrogens with zero attached hydrogens (tertiary/aromatic N) is 1. The lowest BCUT2D eigenvalue weighted by Gasteiger charge is -2.28. The van der Waals surface area contributed by atoms with Gasteiger partial charge >= 0.3 is 5.97 Å². The molecule has 1 atom stereocenters. The Labute approximate surface area is 187 Å². The number of aromatic nitrogens is 1. The fraction of sp³-hybridized carbons (Fsp3) is 0.696. The number of rotatable bonds is 12. The number of hydrogen-bond acceptors (Lipinski definition) is 5. The molecule has 1 fully saturated rings. The van der Waals surface area contributed by atoms with Crippen molar-refractivity contribution in [2.75, 3.05) is 25.1 Å². The second kappa shape index (κ2) is 11.5. The van der Waals surface area contributed by atoms with Crippen LogP contribution in [0, 0.1) is 5.41 Å². The van der Waals surface area contributed by atoms with Crippen molar-refractivity contribution in [3.8, 4) is 0 Å². The van der Waals surface area contributed by atoms with Crippen LogP contribution in [0.5, 0.6) is 0 Å². The Hall–Kier alpha value is -2.29. The normalized spacial score (nSPS) is 18.1. The maximum absolute atomic E-state index is 13.5. The molecule has 7 nitrogen and oxygen atoms in total. The van der Waals surface area contributed by atoms with Crippen LogP contribution in [0.2, 0.25) is 0 Å². The fourth-order valence-corrected chi connectivity index (χ4v) is 4.43. The highest BCUT2D eigenvalue weighted by atomic mass is 19.3. The molecule has 1 unspecified atom stereocenters. The molecule has 1 amide bonds. The molecular formula is C23H33F2N3O4. The van der Waals surface area contributed by atoms with Gasteiger partial charge in [0.05, 0.1) is 0 Å². The zero-order valence-electron chi connectivity index (χ0n) is 18.4. The van der Waals surface area contributed by atoms with E-state index in [2.05, 4.69) is 27.8 Å². The van der Waals surface area contributed by atoms with Crippen LogP contribution in [0.1, 0.15) is 62.6 Å². The number of fused-ring (bicyclic) bond motifs is 1. The topological polar surface area (TPSA) is 101 Å². The number of alkyl halides is 2. The minimum atomic E-state index is -2.80. The third-order valence-corrected chi connectivity index (χ3v) is 6.44. The van der Waals surface area contributed by atoms with E-state index in [1.165, 1.54) is 5.56 Å². The van der Waals surface area contributed by atoms with Crippen LogP contribution < -0.4 is 10.6 Å². The molecule has 32 heavy (non-hydrogen) atoms. The highest BCUT2D eigenvalue weighted by molar-refractivity contribution is 5.88. The molecule has 2 heterocycles. The number of carbonyl (C=O) groups excluding carboxylic acids is 1. The van der Waals surface area contributed by atoms with Crippen LogP contribution in [0.3, 0.4) is 0 Å². The minimum Gasteiger partial charge on any atom is -0.480 e. The van der Waals surface area contributed by atoms with Crippen molar-refractivity contribution >= 4 is 17.7 Å². The first kappa shape index (κ1) is 24.4. The summed E-state index contributed by atoms with van der Waals surface area (Å²) < 4.78 is 32.5. The second-order valence-electron chi connectivity index (χ2n) is 8.73. The number of ether oxygens (including phenoxy) is 1. The first-order valence-electron chi connectivity index (χ1n) is 11.5. The Morgan fingerprint density at radius 1 is 1.19 bits per heavy atom. The molecule has 0 aromatic carbocycles. The summed E-state index contributed by atoms with van der Waals surface area (Å²) in [6, 6.07) is 2.96. The van der Waals surface area contributed by atoms with Gasteiger partial charge in [-0.1, -0.05) is 18.9 Å². The van der Waals surface area contributed by atoms with Crippen molar-refractivity contribution in [3.63, 3.8) is 0 Å². The van der Waals surface area contributed by atoms with E-state index < -0.39 is 29.8 Å². The third-order valence-electron chi connectivity index (χ3n) is 6.44. The van der Waals surface area contributed by atoms with Gasteiger partial charge in [-0.05, 0) is 56.6 Å². The number of unbranched alkanes of at least 4 members (excludes halogenated alkanes) is 1. The number of amides is 1. The van der Waals surface area contributed by atoms with Gasteiger partial charge in [-0.25, -0.2) is 18.6 Å². The molecule has 1 saturated carbocycles. The number of aliphatic carboxylic acids is 1. The molecule has 9 heteroatoms. The van der Waals surface area contributed by atoms with E-state index in [4.69, 9.17) is 4.74 Å². The molecule has 1 aliphatic carbocycles. The average molecular weight is 454 g/mol. The Morgan fingerprint density at radius 3 is 2.69 bits per heavy atom. The van der Waals surface area contributed by atoms with E-state index in [-0.39, 0.29) is 25.9 Å². The summed E-state index contributed by atoms with van der Waals surface area (Å²) in [5.74, 6) is -1.11. The van der Waals surface area contributed by atoms with Gasteiger partial charge in [-0.2, -0.15) is 0 Å². The molecule has 1 aromatic rings. The van der Waals surface area contributed by atoms with Gasteiger partial charge in [0.25, 0.3) is 6.43 Å². The molecule has 0 spiro atoms. The Morgan fingerprint density at radius 2 is 1.97 bits per heavy atom. The summed E-state index contributed by atoms with van der Waals surface area (Å²) in [4.78, 5) is 28.6. The summed E-state index contributed by atoms with van der Waals surface area (Å²) in [6.45, 7) is 1.56.